The van der Waals surface area contributed by atoms with Crippen LogP contribution in [0.2, 0.25) is 0 Å². The number of rotatable bonds is 20. The van der Waals surface area contributed by atoms with Crippen molar-refractivity contribution < 1.29 is 34.1 Å². The second-order valence-electron chi connectivity index (χ2n) is 14.0. The maximum atomic E-state index is 13.5. The molecule has 0 aromatic heterocycles. The van der Waals surface area contributed by atoms with Crippen LogP contribution >= 0.6 is 0 Å². The maximum absolute atomic E-state index is 13.5. The highest BCUT2D eigenvalue weighted by Crippen LogP contribution is 2.34. The number of hydrogen-bond acceptors (Lipinski definition) is 10. The molecule has 11 nitrogen and oxygen atoms in total. The van der Waals surface area contributed by atoms with Crippen molar-refractivity contribution in [2.24, 2.45) is 0 Å². The Balaban J connectivity index is 1.08. The fourth-order valence-electron chi connectivity index (χ4n) is 6.66. The minimum absolute atomic E-state index is 0.00791. The molecule has 0 saturated heterocycles. The topological polar surface area (TPSA) is 149 Å². The molecule has 5 rings (SSSR count). The zero-order valence-corrected chi connectivity index (χ0v) is 33.4. The molecule has 2 unspecified atom stereocenters. The van der Waals surface area contributed by atoms with Gasteiger partial charge in [0.05, 0.1) is 29.9 Å². The first kappa shape index (κ1) is 42.9. The number of amides is 1. The molecule has 5 N–H and O–H groups in total. The average molecular weight is 785 g/mol. The fourth-order valence-corrected chi connectivity index (χ4v) is 6.66. The van der Waals surface area contributed by atoms with E-state index in [2.05, 4.69) is 34.1 Å². The van der Waals surface area contributed by atoms with Crippen LogP contribution in [0.1, 0.15) is 80.1 Å². The number of hydrogen-bond donors (Lipinski definition) is 5. The van der Waals surface area contributed by atoms with E-state index >= 15 is 0 Å². The van der Waals surface area contributed by atoms with Crippen molar-refractivity contribution in [3.63, 3.8) is 0 Å². The standard InChI is InChI=1S/C47H52N4O7/c1-32(2)51(46(55)36-19-15-33(16-20-36)29-50-30-43(54)40-23-24-42(53)45(49-4)41(40)14-9-26-52)25-27-57-47(56)37-21-17-34(18-22-37)31-58-39-13-8-12-38(28-39)44(48-3)35-10-6-5-7-11-35/h5-24,26,28,32,43-44,48-50,53-54H,25,27,29-31H2,1-4H3/b14-9-. The van der Waals surface area contributed by atoms with Gasteiger partial charge in [0.25, 0.3) is 5.91 Å². The van der Waals surface area contributed by atoms with Crippen LogP contribution in [-0.2, 0) is 22.7 Å². The largest absolute Gasteiger partial charge is 0.506 e. The van der Waals surface area contributed by atoms with Gasteiger partial charge in [-0.05, 0) is 103 Å². The van der Waals surface area contributed by atoms with E-state index in [1.54, 1.807) is 48.4 Å². The highest BCUT2D eigenvalue weighted by Gasteiger charge is 2.21. The van der Waals surface area contributed by atoms with E-state index in [4.69, 9.17) is 9.47 Å². The Kier molecular flexibility index (Phi) is 15.7. The number of benzene rings is 5. The number of allylic oxidation sites excluding steroid dienone is 1. The number of nitrogens with one attached hydrogen (secondary N) is 3. The lowest BCUT2D eigenvalue weighted by atomic mass is 9.99. The molecule has 0 fully saturated rings. The summed E-state index contributed by atoms with van der Waals surface area (Å²) in [6.45, 7) is 5.06. The predicted octanol–water partition coefficient (Wildman–Crippen LogP) is 7.06. The molecule has 0 aliphatic carbocycles. The minimum Gasteiger partial charge on any atom is -0.506 e. The number of esters is 1. The zero-order chi connectivity index (χ0) is 41.4. The predicted molar refractivity (Wildman–Crippen MR) is 227 cm³/mol. The van der Waals surface area contributed by atoms with Crippen molar-refractivity contribution in [3.05, 3.63) is 166 Å². The van der Waals surface area contributed by atoms with Gasteiger partial charge < -0.3 is 40.5 Å². The molecule has 0 aliphatic rings. The number of aliphatic hydroxyl groups excluding tert-OH is 1. The summed E-state index contributed by atoms with van der Waals surface area (Å²) in [6, 6.07) is 35.6. The summed E-state index contributed by atoms with van der Waals surface area (Å²) in [4.78, 5) is 39.0. The van der Waals surface area contributed by atoms with Gasteiger partial charge >= 0.3 is 5.97 Å². The molecular formula is C47H52N4O7. The number of aldehydes is 1. The second-order valence-corrected chi connectivity index (χ2v) is 14.0. The molecule has 11 heteroatoms. The molecule has 0 bridgehead atoms. The lowest BCUT2D eigenvalue weighted by molar-refractivity contribution is -0.104. The Bertz CT molecular complexity index is 2140. The number of aliphatic hydroxyl groups is 1. The van der Waals surface area contributed by atoms with Crippen molar-refractivity contribution in [2.45, 2.75) is 45.2 Å². The van der Waals surface area contributed by atoms with Crippen molar-refractivity contribution in [2.75, 3.05) is 39.1 Å². The number of carbonyl (C=O) groups excluding carboxylic acids is 3. The van der Waals surface area contributed by atoms with Crippen LogP contribution in [0, 0.1) is 0 Å². The van der Waals surface area contributed by atoms with Crippen LogP contribution in [0.4, 0.5) is 5.69 Å². The van der Waals surface area contributed by atoms with E-state index in [1.807, 2.05) is 81.6 Å². The fraction of sp³-hybridized carbons (Fsp3) is 0.255. The molecule has 0 spiro atoms. The summed E-state index contributed by atoms with van der Waals surface area (Å²) in [6.07, 6.45) is 2.56. The van der Waals surface area contributed by atoms with Crippen molar-refractivity contribution in [1.29, 1.82) is 0 Å². The molecule has 0 heterocycles. The third-order valence-electron chi connectivity index (χ3n) is 9.73. The number of ether oxygens (including phenoxy) is 2. The zero-order valence-electron chi connectivity index (χ0n) is 33.4. The van der Waals surface area contributed by atoms with Crippen LogP contribution in [0.25, 0.3) is 6.08 Å². The molecular weight excluding hydrogens is 733 g/mol. The van der Waals surface area contributed by atoms with Crippen LogP contribution in [-0.4, -0.2) is 73.1 Å². The van der Waals surface area contributed by atoms with Crippen molar-refractivity contribution >= 4 is 29.9 Å². The highest BCUT2D eigenvalue weighted by molar-refractivity contribution is 5.94. The van der Waals surface area contributed by atoms with Gasteiger partial charge in [-0.15, -0.1) is 0 Å². The molecule has 5 aromatic rings. The summed E-state index contributed by atoms with van der Waals surface area (Å²) in [7, 11) is 3.59. The van der Waals surface area contributed by atoms with Crippen LogP contribution in [0.3, 0.4) is 0 Å². The normalized spacial score (nSPS) is 12.2. The number of phenolic OH excluding ortho intramolecular Hbond substituents is 1. The molecule has 1 amide bonds. The van der Waals surface area contributed by atoms with Gasteiger partial charge in [0.1, 0.15) is 31.0 Å². The van der Waals surface area contributed by atoms with E-state index < -0.39 is 12.1 Å². The Labute approximate surface area is 340 Å². The quantitative estimate of drug-likeness (QED) is 0.0240. The van der Waals surface area contributed by atoms with Gasteiger partial charge in [-0.3, -0.25) is 9.59 Å². The first-order valence-electron chi connectivity index (χ1n) is 19.3. The third-order valence-corrected chi connectivity index (χ3v) is 9.73. The summed E-state index contributed by atoms with van der Waals surface area (Å²) in [5.74, 6) is 0.103. The first-order chi connectivity index (χ1) is 28.1. The monoisotopic (exact) mass is 784 g/mol. The van der Waals surface area contributed by atoms with Crippen molar-refractivity contribution in [3.8, 4) is 11.5 Å². The summed E-state index contributed by atoms with van der Waals surface area (Å²) >= 11 is 0. The Morgan fingerprint density at radius 2 is 1.52 bits per heavy atom. The van der Waals surface area contributed by atoms with E-state index in [-0.39, 0.29) is 43.4 Å². The highest BCUT2D eigenvalue weighted by atomic mass is 16.5. The van der Waals surface area contributed by atoms with Gasteiger partial charge in [0, 0.05) is 37.3 Å². The number of nitrogens with zero attached hydrogens (tertiary/aromatic N) is 1. The van der Waals surface area contributed by atoms with E-state index in [0.29, 0.717) is 47.4 Å². The Morgan fingerprint density at radius 3 is 2.19 bits per heavy atom. The molecule has 302 valence electrons. The molecule has 0 radical (unpaired) electrons. The van der Waals surface area contributed by atoms with Crippen LogP contribution < -0.4 is 20.7 Å². The molecule has 58 heavy (non-hydrogen) atoms. The first-order valence-corrected chi connectivity index (χ1v) is 19.3. The van der Waals surface area contributed by atoms with E-state index in [1.165, 1.54) is 12.1 Å². The second kappa shape index (κ2) is 21.3. The number of phenols is 1. The Morgan fingerprint density at radius 1 is 0.828 bits per heavy atom. The number of aromatic hydroxyl groups is 1. The summed E-state index contributed by atoms with van der Waals surface area (Å²) in [5.41, 5.74) is 6.46. The van der Waals surface area contributed by atoms with Gasteiger partial charge in [-0.1, -0.05) is 72.8 Å². The lowest BCUT2D eigenvalue weighted by Crippen LogP contribution is -2.39. The van der Waals surface area contributed by atoms with Gasteiger partial charge in [0.15, 0.2) is 0 Å². The van der Waals surface area contributed by atoms with Gasteiger partial charge in [-0.25, -0.2) is 4.79 Å². The third kappa shape index (κ3) is 11.4. The van der Waals surface area contributed by atoms with Crippen LogP contribution in [0.5, 0.6) is 11.5 Å². The SMILES string of the molecule is CNc1c(O)ccc(C(O)CNCc2ccc(C(=O)N(CCOC(=O)c3ccc(COc4cccc(C(NC)c5ccccc5)c4)cc3)C(C)C)cc2)c1/C=C\C=O. The lowest BCUT2D eigenvalue weighted by Gasteiger charge is -2.26. The smallest absolute Gasteiger partial charge is 0.338 e. The Hall–Kier alpha value is -6.27. The van der Waals surface area contributed by atoms with Gasteiger partial charge in [-0.2, -0.15) is 0 Å². The number of carbonyl (C=O) groups is 3. The minimum atomic E-state index is -0.917. The summed E-state index contributed by atoms with van der Waals surface area (Å²) < 4.78 is 11.7. The van der Waals surface area contributed by atoms with Gasteiger partial charge in [0.2, 0.25) is 0 Å². The summed E-state index contributed by atoms with van der Waals surface area (Å²) in [5, 5.41) is 30.6. The maximum Gasteiger partial charge on any atom is 0.338 e. The van der Waals surface area contributed by atoms with E-state index in [9.17, 15) is 24.6 Å². The molecule has 2 atom stereocenters. The van der Waals surface area contributed by atoms with E-state index in [0.717, 1.165) is 28.0 Å². The molecule has 5 aromatic carbocycles. The molecule has 0 aliphatic heterocycles. The van der Waals surface area contributed by atoms with Crippen molar-refractivity contribution in [1.82, 2.24) is 15.5 Å². The number of anilines is 1. The molecule has 0 saturated carbocycles. The average Bonchev–Trinajstić information content (AvgIpc) is 3.24. The van der Waals surface area contributed by atoms with Crippen LogP contribution in [0.15, 0.2) is 121 Å².